The molecule has 3 rings (SSSR count). The third-order valence-electron chi connectivity index (χ3n) is 4.52. The number of thiazole rings is 1. The number of rotatable bonds is 5. The Morgan fingerprint density at radius 2 is 1.92 bits per heavy atom. The Balaban J connectivity index is 0.00000169. The third kappa shape index (κ3) is 5.64. The molecule has 1 fully saturated rings. The predicted molar refractivity (Wildman–Crippen MR) is 109 cm³/mol. The van der Waals surface area contributed by atoms with Crippen molar-refractivity contribution in [2.45, 2.75) is 19.3 Å². The van der Waals surface area contributed by atoms with Crippen molar-refractivity contribution in [1.82, 2.24) is 15.2 Å². The van der Waals surface area contributed by atoms with Gasteiger partial charge in [0.25, 0.3) is 5.91 Å². The highest BCUT2D eigenvalue weighted by Gasteiger charge is 2.24. The van der Waals surface area contributed by atoms with Gasteiger partial charge in [-0.05, 0) is 63.0 Å². The second kappa shape index (κ2) is 10.8. The minimum atomic E-state index is -0.271. The van der Waals surface area contributed by atoms with Crippen LogP contribution in [0, 0.1) is 11.7 Å². The van der Waals surface area contributed by atoms with Gasteiger partial charge in [0.05, 0.1) is 0 Å². The van der Waals surface area contributed by atoms with Crippen LogP contribution >= 0.6 is 36.2 Å². The SMILES string of the molecule is CNCCC1CCN(C(=O)c2csc(-c3ccc(F)cc3)n2)CC1.Cl.Cl. The highest BCUT2D eigenvalue weighted by Crippen LogP contribution is 2.26. The molecule has 0 atom stereocenters. The highest BCUT2D eigenvalue weighted by atomic mass is 35.5. The lowest BCUT2D eigenvalue weighted by Gasteiger charge is -2.31. The van der Waals surface area contributed by atoms with Crippen LogP contribution in [-0.4, -0.2) is 42.5 Å². The average molecular weight is 420 g/mol. The molecule has 1 aromatic carbocycles. The molecule has 1 amide bonds. The molecule has 0 saturated carbocycles. The molecule has 144 valence electrons. The molecule has 0 aliphatic carbocycles. The predicted octanol–water partition coefficient (Wildman–Crippen LogP) is 4.25. The van der Waals surface area contributed by atoms with Crippen molar-refractivity contribution in [1.29, 1.82) is 0 Å². The largest absolute Gasteiger partial charge is 0.337 e. The van der Waals surface area contributed by atoms with E-state index in [-0.39, 0.29) is 36.5 Å². The number of piperidine rings is 1. The van der Waals surface area contributed by atoms with Gasteiger partial charge in [-0.2, -0.15) is 0 Å². The number of carbonyl (C=O) groups is 1. The Kier molecular flexibility index (Phi) is 9.50. The Bertz CT molecular complexity index is 688. The lowest BCUT2D eigenvalue weighted by Crippen LogP contribution is -2.39. The van der Waals surface area contributed by atoms with Gasteiger partial charge in [-0.15, -0.1) is 36.2 Å². The molecule has 2 heterocycles. The summed E-state index contributed by atoms with van der Waals surface area (Å²) in [5.74, 6) is 0.436. The van der Waals surface area contributed by atoms with Crippen LogP contribution in [0.4, 0.5) is 4.39 Å². The lowest BCUT2D eigenvalue weighted by molar-refractivity contribution is 0.0682. The van der Waals surface area contributed by atoms with Gasteiger partial charge in [0, 0.05) is 24.0 Å². The zero-order valence-electron chi connectivity index (χ0n) is 14.6. The molecule has 0 bridgehead atoms. The number of aromatic nitrogens is 1. The summed E-state index contributed by atoms with van der Waals surface area (Å²) in [5, 5.41) is 5.74. The van der Waals surface area contributed by atoms with E-state index >= 15 is 0 Å². The zero-order chi connectivity index (χ0) is 16.9. The monoisotopic (exact) mass is 419 g/mol. The minimum absolute atomic E-state index is 0. The van der Waals surface area contributed by atoms with E-state index in [9.17, 15) is 9.18 Å². The van der Waals surface area contributed by atoms with Crippen LogP contribution in [0.25, 0.3) is 10.6 Å². The summed E-state index contributed by atoms with van der Waals surface area (Å²) in [6, 6.07) is 6.20. The first-order chi connectivity index (χ1) is 11.7. The van der Waals surface area contributed by atoms with E-state index in [0.29, 0.717) is 11.6 Å². The van der Waals surface area contributed by atoms with E-state index in [0.717, 1.165) is 43.0 Å². The van der Waals surface area contributed by atoms with Crippen molar-refractivity contribution in [3.8, 4) is 10.6 Å². The van der Waals surface area contributed by atoms with Gasteiger partial charge >= 0.3 is 0 Å². The average Bonchev–Trinajstić information content (AvgIpc) is 3.10. The summed E-state index contributed by atoms with van der Waals surface area (Å²) >= 11 is 1.42. The third-order valence-corrected chi connectivity index (χ3v) is 5.41. The topological polar surface area (TPSA) is 45.2 Å². The molecule has 1 aliphatic rings. The molecule has 0 radical (unpaired) electrons. The number of carbonyl (C=O) groups excluding carboxylic acids is 1. The Morgan fingerprint density at radius 3 is 2.54 bits per heavy atom. The Hall–Kier alpha value is -1.21. The molecule has 1 aromatic heterocycles. The smallest absolute Gasteiger partial charge is 0.273 e. The second-order valence-electron chi connectivity index (χ2n) is 6.17. The summed E-state index contributed by atoms with van der Waals surface area (Å²) < 4.78 is 13.0. The number of amides is 1. The van der Waals surface area contributed by atoms with Crippen molar-refractivity contribution in [2.24, 2.45) is 5.92 Å². The lowest BCUT2D eigenvalue weighted by atomic mass is 9.93. The van der Waals surface area contributed by atoms with E-state index in [1.165, 1.54) is 29.9 Å². The van der Waals surface area contributed by atoms with E-state index in [1.807, 2.05) is 11.9 Å². The molecular formula is C18H24Cl2FN3OS. The molecule has 1 saturated heterocycles. The number of halogens is 3. The maximum absolute atomic E-state index is 13.0. The van der Waals surface area contributed by atoms with Gasteiger partial charge in [0.1, 0.15) is 16.5 Å². The van der Waals surface area contributed by atoms with Crippen LogP contribution in [0.3, 0.4) is 0 Å². The number of nitrogens with zero attached hydrogens (tertiary/aromatic N) is 2. The number of benzene rings is 1. The van der Waals surface area contributed by atoms with Crippen LogP contribution in [0.5, 0.6) is 0 Å². The van der Waals surface area contributed by atoms with E-state index in [4.69, 9.17) is 0 Å². The summed E-state index contributed by atoms with van der Waals surface area (Å²) in [5.41, 5.74) is 1.33. The maximum atomic E-state index is 13.0. The quantitative estimate of drug-likeness (QED) is 0.787. The number of likely N-dealkylation sites (tertiary alicyclic amines) is 1. The van der Waals surface area contributed by atoms with Gasteiger partial charge in [-0.25, -0.2) is 9.37 Å². The highest BCUT2D eigenvalue weighted by molar-refractivity contribution is 7.13. The fraction of sp³-hybridized carbons (Fsp3) is 0.444. The Morgan fingerprint density at radius 1 is 1.27 bits per heavy atom. The van der Waals surface area contributed by atoms with Crippen molar-refractivity contribution in [2.75, 3.05) is 26.7 Å². The zero-order valence-corrected chi connectivity index (χ0v) is 17.1. The van der Waals surface area contributed by atoms with Gasteiger partial charge in [-0.3, -0.25) is 4.79 Å². The van der Waals surface area contributed by atoms with Gasteiger partial charge in [0.15, 0.2) is 0 Å². The first kappa shape index (κ1) is 22.8. The minimum Gasteiger partial charge on any atom is -0.337 e. The van der Waals surface area contributed by atoms with Crippen molar-refractivity contribution < 1.29 is 9.18 Å². The van der Waals surface area contributed by atoms with Gasteiger partial charge in [0.2, 0.25) is 0 Å². The summed E-state index contributed by atoms with van der Waals surface area (Å²) in [6.45, 7) is 2.64. The van der Waals surface area contributed by atoms with Gasteiger partial charge in [-0.1, -0.05) is 0 Å². The van der Waals surface area contributed by atoms with Crippen LogP contribution in [-0.2, 0) is 0 Å². The summed E-state index contributed by atoms with van der Waals surface area (Å²) in [4.78, 5) is 19.0. The molecular weight excluding hydrogens is 396 g/mol. The molecule has 1 aliphatic heterocycles. The molecule has 8 heteroatoms. The van der Waals surface area contributed by atoms with E-state index in [2.05, 4.69) is 10.3 Å². The van der Waals surface area contributed by atoms with Crippen molar-refractivity contribution >= 4 is 42.1 Å². The van der Waals surface area contributed by atoms with Crippen LogP contribution in [0.2, 0.25) is 0 Å². The van der Waals surface area contributed by atoms with Crippen LogP contribution in [0.15, 0.2) is 29.6 Å². The molecule has 26 heavy (non-hydrogen) atoms. The Labute approximate surface area is 170 Å². The molecule has 4 nitrogen and oxygen atoms in total. The summed E-state index contributed by atoms with van der Waals surface area (Å²) in [6.07, 6.45) is 3.29. The standard InChI is InChI=1S/C18H22FN3OS.2ClH/c1-20-9-6-13-7-10-22(11-8-13)18(23)16-12-24-17(21-16)14-2-4-15(19)5-3-14;;/h2-5,12-13,20H,6-11H2,1H3;2*1H. The molecule has 2 aromatic rings. The van der Waals surface area contributed by atoms with Crippen LogP contribution in [0.1, 0.15) is 29.8 Å². The maximum Gasteiger partial charge on any atom is 0.273 e. The fourth-order valence-electron chi connectivity index (χ4n) is 3.03. The number of hydrogen-bond donors (Lipinski definition) is 1. The summed E-state index contributed by atoms with van der Waals surface area (Å²) in [7, 11) is 1.97. The fourth-order valence-corrected chi connectivity index (χ4v) is 3.83. The van der Waals surface area contributed by atoms with Crippen molar-refractivity contribution in [3.63, 3.8) is 0 Å². The van der Waals surface area contributed by atoms with Crippen molar-refractivity contribution in [3.05, 3.63) is 41.2 Å². The number of nitrogens with one attached hydrogen (secondary N) is 1. The number of hydrogen-bond acceptors (Lipinski definition) is 4. The normalized spacial score (nSPS) is 14.5. The van der Waals surface area contributed by atoms with Crippen LogP contribution < -0.4 is 5.32 Å². The molecule has 1 N–H and O–H groups in total. The molecule has 0 unspecified atom stereocenters. The van der Waals surface area contributed by atoms with Gasteiger partial charge < -0.3 is 10.2 Å². The first-order valence-corrected chi connectivity index (χ1v) is 9.20. The first-order valence-electron chi connectivity index (χ1n) is 8.32. The van der Waals surface area contributed by atoms with E-state index in [1.54, 1.807) is 17.5 Å². The second-order valence-corrected chi connectivity index (χ2v) is 7.03. The van der Waals surface area contributed by atoms with E-state index < -0.39 is 0 Å². The molecule has 0 spiro atoms.